The van der Waals surface area contributed by atoms with Crippen LogP contribution in [0.5, 0.6) is 0 Å². The van der Waals surface area contributed by atoms with Crippen LogP contribution in [0.2, 0.25) is 5.02 Å². The van der Waals surface area contributed by atoms with Gasteiger partial charge in [-0.05, 0) is 25.0 Å². The van der Waals surface area contributed by atoms with E-state index >= 15 is 0 Å². The molecular weight excluding hydrogens is 294 g/mol. The zero-order valence-corrected chi connectivity index (χ0v) is 12.5. The van der Waals surface area contributed by atoms with E-state index in [1.165, 1.54) is 11.3 Å². The minimum absolute atomic E-state index is 0.00772. The molecule has 20 heavy (non-hydrogen) atoms. The number of anilines is 1. The van der Waals surface area contributed by atoms with Crippen molar-refractivity contribution < 1.29 is 4.79 Å². The number of nitrogens with two attached hydrogens (primary N) is 2. The fourth-order valence-electron chi connectivity index (χ4n) is 2.53. The molecule has 4 N–H and O–H groups in total. The summed E-state index contributed by atoms with van der Waals surface area (Å²) in [6.07, 6.45) is 1.69. The molecule has 0 saturated carbocycles. The molecule has 0 bridgehead atoms. The second-order valence-corrected chi connectivity index (χ2v) is 6.55. The maximum absolute atomic E-state index is 12.6. The van der Waals surface area contributed by atoms with Gasteiger partial charge in [-0.3, -0.25) is 4.79 Å². The summed E-state index contributed by atoms with van der Waals surface area (Å²) in [6.45, 7) is 1.39. The second kappa shape index (κ2) is 5.24. The molecule has 1 aliphatic heterocycles. The highest BCUT2D eigenvalue weighted by Gasteiger charge is 2.25. The van der Waals surface area contributed by atoms with Crippen molar-refractivity contribution in [2.45, 2.75) is 18.9 Å². The molecule has 3 rings (SSSR count). The number of halogens is 1. The van der Waals surface area contributed by atoms with E-state index in [0.29, 0.717) is 28.7 Å². The van der Waals surface area contributed by atoms with Crippen LogP contribution in [0.15, 0.2) is 18.2 Å². The molecular formula is C14H16ClN3OS. The topological polar surface area (TPSA) is 72.4 Å². The Morgan fingerprint density at radius 3 is 2.70 bits per heavy atom. The van der Waals surface area contributed by atoms with Crippen molar-refractivity contribution in [2.24, 2.45) is 5.73 Å². The quantitative estimate of drug-likeness (QED) is 0.850. The molecule has 0 unspecified atom stereocenters. The molecule has 1 aromatic carbocycles. The Morgan fingerprint density at radius 1 is 1.35 bits per heavy atom. The van der Waals surface area contributed by atoms with Crippen molar-refractivity contribution in [1.29, 1.82) is 0 Å². The van der Waals surface area contributed by atoms with Crippen molar-refractivity contribution in [3.05, 3.63) is 28.1 Å². The summed E-state index contributed by atoms with van der Waals surface area (Å²) in [5.41, 5.74) is 12.5. The molecule has 0 radical (unpaired) electrons. The Labute approximate surface area is 126 Å². The first kappa shape index (κ1) is 13.7. The first-order chi connectivity index (χ1) is 9.58. The van der Waals surface area contributed by atoms with Crippen LogP contribution in [0.25, 0.3) is 10.1 Å². The van der Waals surface area contributed by atoms with Crippen molar-refractivity contribution in [2.75, 3.05) is 18.8 Å². The molecule has 106 valence electrons. The van der Waals surface area contributed by atoms with E-state index in [1.807, 2.05) is 17.0 Å². The molecule has 0 atom stereocenters. The number of fused-ring (bicyclic) bond motifs is 1. The number of nitrogens with zero attached hydrogens (tertiary/aromatic N) is 1. The summed E-state index contributed by atoms with van der Waals surface area (Å²) >= 11 is 7.58. The van der Waals surface area contributed by atoms with Crippen LogP contribution in [0, 0.1) is 0 Å². The molecule has 4 nitrogen and oxygen atoms in total. The molecule has 6 heteroatoms. The number of hydrogen-bond acceptors (Lipinski definition) is 4. The van der Waals surface area contributed by atoms with Gasteiger partial charge in [0.15, 0.2) is 0 Å². The van der Waals surface area contributed by atoms with E-state index in [9.17, 15) is 4.79 Å². The van der Waals surface area contributed by atoms with Crippen LogP contribution in [0.3, 0.4) is 0 Å². The fraction of sp³-hybridized carbons (Fsp3) is 0.357. The van der Waals surface area contributed by atoms with Crippen molar-refractivity contribution in [3.63, 3.8) is 0 Å². The molecule has 0 spiro atoms. The number of carbonyl (C=O) groups is 1. The highest BCUT2D eigenvalue weighted by Crippen LogP contribution is 2.38. The number of benzene rings is 1. The van der Waals surface area contributed by atoms with Crippen LogP contribution >= 0.6 is 22.9 Å². The SMILES string of the molecule is Nc1c(C(=O)N2CCC(N)CC2)sc2cccc(Cl)c12. The van der Waals surface area contributed by atoms with Crippen molar-refractivity contribution in [1.82, 2.24) is 4.90 Å². The van der Waals surface area contributed by atoms with Gasteiger partial charge < -0.3 is 16.4 Å². The summed E-state index contributed by atoms with van der Waals surface area (Å²) in [5, 5.41) is 1.38. The number of rotatable bonds is 1. The first-order valence-electron chi connectivity index (χ1n) is 6.59. The van der Waals surface area contributed by atoms with Crippen LogP contribution in [0.1, 0.15) is 22.5 Å². The van der Waals surface area contributed by atoms with E-state index in [-0.39, 0.29) is 11.9 Å². The van der Waals surface area contributed by atoms with Crippen molar-refractivity contribution >= 4 is 44.6 Å². The van der Waals surface area contributed by atoms with Gasteiger partial charge in [-0.15, -0.1) is 11.3 Å². The van der Waals surface area contributed by atoms with Gasteiger partial charge >= 0.3 is 0 Å². The largest absolute Gasteiger partial charge is 0.397 e. The number of nitrogen functional groups attached to an aromatic ring is 1. The summed E-state index contributed by atoms with van der Waals surface area (Å²) in [7, 11) is 0. The predicted octanol–water partition coefficient (Wildman–Crippen LogP) is 2.70. The van der Waals surface area contributed by atoms with E-state index < -0.39 is 0 Å². The van der Waals surface area contributed by atoms with Gasteiger partial charge in [-0.25, -0.2) is 0 Å². The third kappa shape index (κ3) is 2.26. The number of amides is 1. The molecule has 2 aromatic rings. The molecule has 1 amide bonds. The lowest BCUT2D eigenvalue weighted by Crippen LogP contribution is -2.42. The lowest BCUT2D eigenvalue weighted by atomic mass is 10.1. The highest BCUT2D eigenvalue weighted by molar-refractivity contribution is 7.21. The monoisotopic (exact) mass is 309 g/mol. The molecule has 1 fully saturated rings. The summed E-state index contributed by atoms with van der Waals surface area (Å²) in [4.78, 5) is 15.0. The Morgan fingerprint density at radius 2 is 2.05 bits per heavy atom. The van der Waals surface area contributed by atoms with Gasteiger partial charge in [-0.2, -0.15) is 0 Å². The summed E-state index contributed by atoms with van der Waals surface area (Å²) < 4.78 is 0.951. The van der Waals surface area contributed by atoms with Crippen LogP contribution in [0.4, 0.5) is 5.69 Å². The van der Waals surface area contributed by atoms with E-state index in [1.54, 1.807) is 6.07 Å². The third-order valence-electron chi connectivity index (χ3n) is 3.72. The Hall–Kier alpha value is -1.30. The molecule has 1 aliphatic rings. The standard InChI is InChI=1S/C14H16ClN3OS/c15-9-2-1-3-10-11(9)12(17)13(20-10)14(19)18-6-4-8(16)5-7-18/h1-3,8H,4-7,16-17H2. The van der Waals surface area contributed by atoms with E-state index in [2.05, 4.69) is 0 Å². The minimum Gasteiger partial charge on any atom is -0.397 e. The summed E-state index contributed by atoms with van der Waals surface area (Å²) in [5.74, 6) is -0.00772. The average molecular weight is 310 g/mol. The van der Waals surface area contributed by atoms with E-state index in [0.717, 1.165) is 22.9 Å². The van der Waals surface area contributed by atoms with Crippen LogP contribution < -0.4 is 11.5 Å². The van der Waals surface area contributed by atoms with Crippen LogP contribution in [-0.4, -0.2) is 29.9 Å². The van der Waals surface area contributed by atoms with Crippen LogP contribution in [-0.2, 0) is 0 Å². The van der Waals surface area contributed by atoms with E-state index in [4.69, 9.17) is 23.1 Å². The van der Waals surface area contributed by atoms with Gasteiger partial charge in [-0.1, -0.05) is 17.7 Å². The number of carbonyl (C=O) groups excluding carboxylic acids is 1. The normalized spacial score (nSPS) is 16.8. The fourth-order valence-corrected chi connectivity index (χ4v) is 3.98. The Kier molecular flexibility index (Phi) is 3.58. The van der Waals surface area contributed by atoms with Gasteiger partial charge in [0.05, 0.1) is 10.7 Å². The number of thiophene rings is 1. The smallest absolute Gasteiger partial charge is 0.266 e. The Bertz CT molecular complexity index is 662. The lowest BCUT2D eigenvalue weighted by molar-refractivity contribution is 0.0720. The molecule has 1 aromatic heterocycles. The minimum atomic E-state index is -0.00772. The van der Waals surface area contributed by atoms with Gasteiger partial charge in [0, 0.05) is 29.2 Å². The predicted molar refractivity (Wildman–Crippen MR) is 84.4 cm³/mol. The van der Waals surface area contributed by atoms with Gasteiger partial charge in [0.1, 0.15) is 4.88 Å². The Balaban J connectivity index is 1.96. The third-order valence-corrected chi connectivity index (χ3v) is 5.20. The number of likely N-dealkylation sites (tertiary alicyclic amines) is 1. The zero-order chi connectivity index (χ0) is 14.3. The lowest BCUT2D eigenvalue weighted by Gasteiger charge is -2.29. The molecule has 2 heterocycles. The first-order valence-corrected chi connectivity index (χ1v) is 7.78. The van der Waals surface area contributed by atoms with Gasteiger partial charge in [0.2, 0.25) is 0 Å². The van der Waals surface area contributed by atoms with Crippen molar-refractivity contribution in [3.8, 4) is 0 Å². The molecule has 1 saturated heterocycles. The second-order valence-electron chi connectivity index (χ2n) is 5.09. The number of hydrogen-bond donors (Lipinski definition) is 2. The number of piperidine rings is 1. The maximum Gasteiger partial charge on any atom is 0.266 e. The molecule has 0 aliphatic carbocycles. The maximum atomic E-state index is 12.6. The summed E-state index contributed by atoms with van der Waals surface area (Å²) in [6, 6.07) is 5.80. The zero-order valence-electron chi connectivity index (χ0n) is 10.9. The highest BCUT2D eigenvalue weighted by atomic mass is 35.5. The average Bonchev–Trinajstić information content (AvgIpc) is 2.77. The van der Waals surface area contributed by atoms with Gasteiger partial charge in [0.25, 0.3) is 5.91 Å².